The van der Waals surface area contributed by atoms with Gasteiger partial charge >= 0.3 is 5.97 Å². The van der Waals surface area contributed by atoms with Gasteiger partial charge in [-0.05, 0) is 73.8 Å². The number of likely N-dealkylation sites (tertiary alicyclic amines) is 1. The number of carbonyl (C=O) groups is 1. The number of carboxylic acids is 1. The molecule has 4 aromatic rings. The second-order valence-electron chi connectivity index (χ2n) is 10.4. The number of fused-ring (bicyclic) bond motifs is 1. The minimum atomic E-state index is -0.855. The quantitative estimate of drug-likeness (QED) is 0.165. The average Bonchev–Trinajstić information content (AvgIpc) is 3.30. The molecule has 8 nitrogen and oxygen atoms in total. The number of halogens is 3. The van der Waals surface area contributed by atoms with E-state index >= 15 is 0 Å². The van der Waals surface area contributed by atoms with E-state index in [1.165, 1.54) is 19.3 Å². The number of hydrogen-bond donors (Lipinski definition) is 1. The van der Waals surface area contributed by atoms with E-state index in [9.17, 15) is 4.79 Å². The minimum Gasteiger partial charge on any atom is -0.492 e. The maximum Gasteiger partial charge on any atom is 0.303 e. The van der Waals surface area contributed by atoms with Crippen LogP contribution in [0.1, 0.15) is 42.6 Å². The number of hydrogen-bond acceptors (Lipinski definition) is 6. The van der Waals surface area contributed by atoms with Crippen LogP contribution in [-0.4, -0.2) is 51.8 Å². The molecule has 1 fully saturated rings. The number of nitrogens with zero attached hydrogens (tertiary/aromatic N) is 3. The number of imidazole rings is 1. The Morgan fingerprint density at radius 3 is 2.37 bits per heavy atom. The van der Waals surface area contributed by atoms with Crippen molar-refractivity contribution >= 4 is 53.4 Å². The molecular weight excluding hydrogens is 613 g/mol. The van der Waals surface area contributed by atoms with Crippen molar-refractivity contribution in [3.05, 3.63) is 82.6 Å². The molecule has 0 spiro atoms. The van der Waals surface area contributed by atoms with Crippen LogP contribution in [0.25, 0.3) is 11.0 Å². The third-order valence-electron chi connectivity index (χ3n) is 7.39. The SMILES string of the molecule is Cl.Cl.Cn1c(COc2ccc(CCC(=O)O)c(OCc3ccc(Cl)cc3)c2)nc2ccc(OCCN3CCCCC3)cc21. The lowest BCUT2D eigenvalue weighted by Crippen LogP contribution is -2.33. The molecule has 0 bridgehead atoms. The summed E-state index contributed by atoms with van der Waals surface area (Å²) >= 11 is 5.99. The van der Waals surface area contributed by atoms with Crippen LogP contribution in [0.15, 0.2) is 60.7 Å². The van der Waals surface area contributed by atoms with Gasteiger partial charge in [0.2, 0.25) is 0 Å². The number of carboxylic acid groups (broad SMARTS) is 1. The van der Waals surface area contributed by atoms with Crippen LogP contribution >= 0.6 is 36.4 Å². The van der Waals surface area contributed by atoms with Gasteiger partial charge in [0, 0.05) is 37.2 Å². The predicted molar refractivity (Wildman–Crippen MR) is 174 cm³/mol. The molecule has 1 saturated heterocycles. The Balaban J connectivity index is 0.00000253. The van der Waals surface area contributed by atoms with E-state index in [0.717, 1.165) is 53.4 Å². The Morgan fingerprint density at radius 2 is 1.63 bits per heavy atom. The zero-order valence-electron chi connectivity index (χ0n) is 24.2. The van der Waals surface area contributed by atoms with Crippen LogP contribution in [0.4, 0.5) is 0 Å². The first kappa shape index (κ1) is 34.3. The summed E-state index contributed by atoms with van der Waals surface area (Å²) in [5, 5.41) is 9.82. The molecule has 0 saturated carbocycles. The number of aliphatic carboxylic acids is 1. The van der Waals surface area contributed by atoms with E-state index in [4.69, 9.17) is 35.9 Å². The summed E-state index contributed by atoms with van der Waals surface area (Å²) in [6.07, 6.45) is 4.26. The highest BCUT2D eigenvalue weighted by Crippen LogP contribution is 2.29. The molecule has 0 atom stereocenters. The van der Waals surface area contributed by atoms with Gasteiger partial charge in [0.05, 0.1) is 11.0 Å². The van der Waals surface area contributed by atoms with Crippen molar-refractivity contribution in [3.63, 3.8) is 0 Å². The topological polar surface area (TPSA) is 86.0 Å². The lowest BCUT2D eigenvalue weighted by molar-refractivity contribution is -0.136. The van der Waals surface area contributed by atoms with Crippen molar-refractivity contribution < 1.29 is 24.1 Å². The van der Waals surface area contributed by atoms with Gasteiger partial charge in [-0.15, -0.1) is 24.8 Å². The fraction of sp³-hybridized carbons (Fsp3) is 0.375. The number of rotatable bonds is 13. The summed E-state index contributed by atoms with van der Waals surface area (Å²) < 4.78 is 20.3. The summed E-state index contributed by atoms with van der Waals surface area (Å²) in [7, 11) is 1.97. The second kappa shape index (κ2) is 16.6. The molecule has 232 valence electrons. The first-order chi connectivity index (χ1) is 19.9. The van der Waals surface area contributed by atoms with E-state index < -0.39 is 5.97 Å². The van der Waals surface area contributed by atoms with Gasteiger partial charge in [0.15, 0.2) is 0 Å². The molecule has 1 N–H and O–H groups in total. The highest BCUT2D eigenvalue weighted by atomic mass is 35.5. The largest absolute Gasteiger partial charge is 0.492 e. The predicted octanol–water partition coefficient (Wildman–Crippen LogP) is 7.11. The molecular formula is C32H38Cl3N3O5. The van der Waals surface area contributed by atoms with Crippen molar-refractivity contribution in [1.29, 1.82) is 0 Å². The summed E-state index contributed by atoms with van der Waals surface area (Å²) in [6, 6.07) is 18.9. The van der Waals surface area contributed by atoms with Crippen molar-refractivity contribution in [1.82, 2.24) is 14.5 Å². The molecule has 3 aromatic carbocycles. The summed E-state index contributed by atoms with van der Waals surface area (Å²) in [4.78, 5) is 18.4. The molecule has 0 amide bonds. The Morgan fingerprint density at radius 1 is 0.907 bits per heavy atom. The number of benzene rings is 3. The Kier molecular flexibility index (Phi) is 13.3. The smallest absolute Gasteiger partial charge is 0.303 e. The molecule has 11 heteroatoms. The van der Waals surface area contributed by atoms with Gasteiger partial charge in [-0.1, -0.05) is 36.2 Å². The molecule has 0 radical (unpaired) electrons. The summed E-state index contributed by atoms with van der Waals surface area (Å²) in [5.41, 5.74) is 3.63. The molecule has 1 aromatic heterocycles. The molecule has 1 aliphatic rings. The maximum absolute atomic E-state index is 11.2. The number of ether oxygens (including phenoxy) is 3. The van der Waals surface area contributed by atoms with Crippen LogP contribution in [0, 0.1) is 0 Å². The van der Waals surface area contributed by atoms with E-state index in [0.29, 0.717) is 36.2 Å². The van der Waals surface area contributed by atoms with E-state index in [1.807, 2.05) is 72.3 Å². The normalized spacial score (nSPS) is 13.2. The van der Waals surface area contributed by atoms with E-state index in [-0.39, 0.29) is 37.8 Å². The molecule has 0 unspecified atom stereocenters. The number of piperidine rings is 1. The molecule has 1 aliphatic heterocycles. The standard InChI is InChI=1S/C32H36ClN3O5.2ClH/c1-35-29-19-26(39-18-17-36-15-3-2-4-16-36)12-13-28(29)34-31(35)22-40-27-11-7-24(8-14-32(37)38)30(20-27)41-21-23-5-9-25(33)10-6-23;;/h5-7,9-13,19-20H,2-4,8,14-18,21-22H2,1H3,(H,37,38);2*1H. The Labute approximate surface area is 269 Å². The van der Waals surface area contributed by atoms with Crippen LogP contribution in [0.5, 0.6) is 17.2 Å². The lowest BCUT2D eigenvalue weighted by atomic mass is 10.1. The second-order valence-corrected chi connectivity index (χ2v) is 10.8. The van der Waals surface area contributed by atoms with Gasteiger partial charge in [-0.2, -0.15) is 0 Å². The van der Waals surface area contributed by atoms with Crippen molar-refractivity contribution in [3.8, 4) is 17.2 Å². The molecule has 0 aliphatic carbocycles. The number of aromatic nitrogens is 2. The first-order valence-corrected chi connectivity index (χ1v) is 14.5. The Hall–Kier alpha value is -3.17. The monoisotopic (exact) mass is 649 g/mol. The number of aryl methyl sites for hydroxylation is 2. The fourth-order valence-electron chi connectivity index (χ4n) is 5.01. The van der Waals surface area contributed by atoms with E-state index in [2.05, 4.69) is 4.90 Å². The third kappa shape index (κ3) is 9.66. The molecule has 5 rings (SSSR count). The van der Waals surface area contributed by atoms with Crippen LogP contribution in [-0.2, 0) is 31.5 Å². The zero-order valence-corrected chi connectivity index (χ0v) is 26.6. The Bertz CT molecular complexity index is 1470. The fourth-order valence-corrected chi connectivity index (χ4v) is 5.14. The van der Waals surface area contributed by atoms with Gasteiger partial charge < -0.3 is 23.9 Å². The summed E-state index contributed by atoms with van der Waals surface area (Å²) in [5.74, 6) is 1.97. The van der Waals surface area contributed by atoms with Gasteiger partial charge in [0.1, 0.15) is 42.9 Å². The molecule has 2 heterocycles. The van der Waals surface area contributed by atoms with Gasteiger partial charge in [0.25, 0.3) is 0 Å². The maximum atomic E-state index is 11.2. The average molecular weight is 651 g/mol. The third-order valence-corrected chi connectivity index (χ3v) is 7.64. The highest BCUT2D eigenvalue weighted by Gasteiger charge is 2.14. The van der Waals surface area contributed by atoms with Gasteiger partial charge in [-0.3, -0.25) is 9.69 Å². The van der Waals surface area contributed by atoms with Crippen molar-refractivity contribution in [2.24, 2.45) is 7.05 Å². The highest BCUT2D eigenvalue weighted by molar-refractivity contribution is 6.30. The van der Waals surface area contributed by atoms with Crippen molar-refractivity contribution in [2.45, 2.75) is 45.3 Å². The first-order valence-electron chi connectivity index (χ1n) is 14.1. The van der Waals surface area contributed by atoms with Gasteiger partial charge in [-0.25, -0.2) is 4.98 Å². The summed E-state index contributed by atoms with van der Waals surface area (Å²) in [6.45, 7) is 4.53. The molecule has 43 heavy (non-hydrogen) atoms. The zero-order chi connectivity index (χ0) is 28.6. The van der Waals surface area contributed by atoms with Crippen LogP contribution in [0.3, 0.4) is 0 Å². The van der Waals surface area contributed by atoms with Crippen LogP contribution < -0.4 is 14.2 Å². The van der Waals surface area contributed by atoms with E-state index in [1.54, 1.807) is 0 Å². The minimum absolute atomic E-state index is 0. The van der Waals surface area contributed by atoms with Crippen molar-refractivity contribution in [2.75, 3.05) is 26.2 Å². The lowest BCUT2D eigenvalue weighted by Gasteiger charge is -2.26. The van der Waals surface area contributed by atoms with Crippen LogP contribution in [0.2, 0.25) is 5.02 Å².